The molecule has 1 aliphatic heterocycles. The Morgan fingerprint density at radius 2 is 1.64 bits per heavy atom. The van der Waals surface area contributed by atoms with Crippen molar-refractivity contribution in [1.29, 1.82) is 0 Å². The van der Waals surface area contributed by atoms with Crippen LogP contribution in [-0.4, -0.2) is 42.1 Å². The fourth-order valence-corrected chi connectivity index (χ4v) is 3.80. The minimum atomic E-state index is -0.206. The van der Waals surface area contributed by atoms with Gasteiger partial charge < -0.3 is 26.0 Å². The van der Waals surface area contributed by atoms with Gasteiger partial charge in [-0.3, -0.25) is 4.79 Å². The number of rotatable bonds is 5. The molecule has 1 fully saturated rings. The maximum Gasteiger partial charge on any atom is 0.321 e. The van der Waals surface area contributed by atoms with Crippen LogP contribution in [0.1, 0.15) is 12.8 Å². The third-order valence-electron chi connectivity index (χ3n) is 5.71. The number of piperidine rings is 1. The van der Waals surface area contributed by atoms with Crippen molar-refractivity contribution in [3.05, 3.63) is 66.7 Å². The van der Waals surface area contributed by atoms with Crippen LogP contribution in [0.25, 0.3) is 11.3 Å². The van der Waals surface area contributed by atoms with Crippen LogP contribution in [0.15, 0.2) is 66.7 Å². The number of nitrogen functional groups attached to an aromatic ring is 1. The van der Waals surface area contributed by atoms with Gasteiger partial charge in [0.15, 0.2) is 5.82 Å². The van der Waals surface area contributed by atoms with Gasteiger partial charge in [-0.1, -0.05) is 30.3 Å². The van der Waals surface area contributed by atoms with Gasteiger partial charge in [0, 0.05) is 30.0 Å². The number of carbonyl (C=O) groups is 2. The average Bonchev–Trinajstić information content (AvgIpc) is 2.86. The van der Waals surface area contributed by atoms with Gasteiger partial charge >= 0.3 is 12.0 Å². The monoisotopic (exact) mass is 445 g/mol. The number of benzene rings is 2. The van der Waals surface area contributed by atoms with Gasteiger partial charge in [-0.05, 0) is 49.2 Å². The van der Waals surface area contributed by atoms with Gasteiger partial charge in [-0.25, -0.2) is 9.78 Å². The van der Waals surface area contributed by atoms with Crippen molar-refractivity contribution in [2.24, 2.45) is 5.92 Å². The Labute approximate surface area is 192 Å². The standard InChI is InChI=1S/C25H27N5O3/c1-33-24(31)18-13-15-30(16-14-18)25(32)28-20-9-7-19(8-10-20)27-23-21(26)11-12-22(29-23)17-5-3-2-4-6-17/h2-12,18H,13-16,26H2,1H3,(H,27,29)(H,28,32). The van der Waals surface area contributed by atoms with Crippen molar-refractivity contribution >= 4 is 34.9 Å². The van der Waals surface area contributed by atoms with Crippen LogP contribution in [0.4, 0.5) is 27.7 Å². The van der Waals surface area contributed by atoms with Gasteiger partial charge in [-0.15, -0.1) is 0 Å². The van der Waals surface area contributed by atoms with Gasteiger partial charge in [0.1, 0.15) is 0 Å². The number of nitrogens with two attached hydrogens (primary N) is 1. The molecule has 4 N–H and O–H groups in total. The first-order chi connectivity index (χ1) is 16.0. The van der Waals surface area contributed by atoms with Gasteiger partial charge in [0.05, 0.1) is 24.4 Å². The molecule has 0 saturated carbocycles. The molecule has 8 nitrogen and oxygen atoms in total. The molecule has 33 heavy (non-hydrogen) atoms. The van der Waals surface area contributed by atoms with Crippen molar-refractivity contribution in [2.45, 2.75) is 12.8 Å². The number of likely N-dealkylation sites (tertiary alicyclic amines) is 1. The number of carbonyl (C=O) groups excluding carboxylic acids is 2. The van der Waals surface area contributed by atoms with Crippen molar-refractivity contribution in [3.63, 3.8) is 0 Å². The van der Waals surface area contributed by atoms with Crippen molar-refractivity contribution in [1.82, 2.24) is 9.88 Å². The Hall–Kier alpha value is -4.07. The molecule has 3 aromatic rings. The third-order valence-corrected chi connectivity index (χ3v) is 5.71. The predicted molar refractivity (Wildman–Crippen MR) is 129 cm³/mol. The second-order valence-electron chi connectivity index (χ2n) is 7.92. The zero-order valence-electron chi connectivity index (χ0n) is 18.5. The maximum absolute atomic E-state index is 12.6. The highest BCUT2D eigenvalue weighted by atomic mass is 16.5. The summed E-state index contributed by atoms with van der Waals surface area (Å²) >= 11 is 0. The number of urea groups is 1. The van der Waals surface area contributed by atoms with Crippen LogP contribution in [0.5, 0.6) is 0 Å². The lowest BCUT2D eigenvalue weighted by Gasteiger charge is -2.30. The molecule has 4 rings (SSSR count). The van der Waals surface area contributed by atoms with Crippen LogP contribution < -0.4 is 16.4 Å². The summed E-state index contributed by atoms with van der Waals surface area (Å²) in [5.41, 5.74) is 9.98. The van der Waals surface area contributed by atoms with E-state index in [1.165, 1.54) is 7.11 Å². The van der Waals surface area contributed by atoms with Gasteiger partial charge in [0.25, 0.3) is 0 Å². The number of nitrogens with one attached hydrogen (secondary N) is 2. The SMILES string of the molecule is COC(=O)C1CCN(C(=O)Nc2ccc(Nc3nc(-c4ccccc4)ccc3N)cc2)CC1. The number of pyridine rings is 1. The summed E-state index contributed by atoms with van der Waals surface area (Å²) in [4.78, 5) is 30.6. The number of anilines is 4. The van der Waals surface area contributed by atoms with E-state index in [0.717, 1.165) is 16.9 Å². The quantitative estimate of drug-likeness (QED) is 0.499. The Morgan fingerprint density at radius 3 is 2.30 bits per heavy atom. The van der Waals surface area contributed by atoms with E-state index >= 15 is 0 Å². The van der Waals surface area contributed by atoms with Crippen LogP contribution >= 0.6 is 0 Å². The summed E-state index contributed by atoms with van der Waals surface area (Å²) in [6, 6.07) is 20.8. The van der Waals surface area contributed by atoms with E-state index in [9.17, 15) is 9.59 Å². The fraction of sp³-hybridized carbons (Fsp3) is 0.240. The summed E-state index contributed by atoms with van der Waals surface area (Å²) in [5.74, 6) is 0.232. The first kappa shape index (κ1) is 22.1. The molecule has 0 radical (unpaired) electrons. The van der Waals surface area contributed by atoms with Crippen molar-refractivity contribution in [2.75, 3.05) is 36.6 Å². The molecule has 0 aliphatic carbocycles. The summed E-state index contributed by atoms with van der Waals surface area (Å²) < 4.78 is 4.79. The van der Waals surface area contributed by atoms with E-state index in [1.807, 2.05) is 66.7 Å². The van der Waals surface area contributed by atoms with Crippen LogP contribution in [-0.2, 0) is 9.53 Å². The normalized spacial score (nSPS) is 13.9. The lowest BCUT2D eigenvalue weighted by Crippen LogP contribution is -2.42. The largest absolute Gasteiger partial charge is 0.469 e. The topological polar surface area (TPSA) is 110 Å². The number of methoxy groups -OCH3 is 1. The number of ether oxygens (including phenoxy) is 1. The highest BCUT2D eigenvalue weighted by Crippen LogP contribution is 2.26. The molecule has 0 bridgehead atoms. The van der Waals surface area contributed by atoms with E-state index in [1.54, 1.807) is 4.90 Å². The smallest absolute Gasteiger partial charge is 0.321 e. The lowest BCUT2D eigenvalue weighted by atomic mass is 9.97. The number of aromatic nitrogens is 1. The molecule has 0 atom stereocenters. The molecule has 0 unspecified atom stereocenters. The molecule has 1 aromatic heterocycles. The van der Waals surface area contributed by atoms with Crippen LogP contribution in [0, 0.1) is 5.92 Å². The molecule has 170 valence electrons. The number of esters is 1. The number of hydrogen-bond acceptors (Lipinski definition) is 6. The maximum atomic E-state index is 12.6. The second kappa shape index (κ2) is 10.0. The van der Waals surface area contributed by atoms with E-state index in [-0.39, 0.29) is 17.9 Å². The van der Waals surface area contributed by atoms with Crippen LogP contribution in [0.3, 0.4) is 0 Å². The van der Waals surface area contributed by atoms with E-state index in [2.05, 4.69) is 15.6 Å². The summed E-state index contributed by atoms with van der Waals surface area (Å²) in [6.45, 7) is 1.04. The highest BCUT2D eigenvalue weighted by molar-refractivity contribution is 5.90. The number of amides is 2. The first-order valence-corrected chi connectivity index (χ1v) is 10.9. The fourth-order valence-electron chi connectivity index (χ4n) is 3.80. The van der Waals surface area contributed by atoms with Crippen LogP contribution in [0.2, 0.25) is 0 Å². The highest BCUT2D eigenvalue weighted by Gasteiger charge is 2.27. The Kier molecular flexibility index (Phi) is 6.73. The minimum absolute atomic E-state index is 0.133. The Morgan fingerprint density at radius 1 is 0.970 bits per heavy atom. The van der Waals surface area contributed by atoms with Crippen molar-refractivity contribution < 1.29 is 14.3 Å². The molecule has 1 saturated heterocycles. The molecule has 2 amide bonds. The zero-order valence-corrected chi connectivity index (χ0v) is 18.5. The molecule has 0 spiro atoms. The second-order valence-corrected chi connectivity index (χ2v) is 7.92. The molecule has 8 heteroatoms. The Balaban J connectivity index is 1.36. The molecular formula is C25H27N5O3. The molecule has 2 aromatic carbocycles. The lowest BCUT2D eigenvalue weighted by molar-refractivity contribution is -0.146. The van der Waals surface area contributed by atoms with E-state index in [0.29, 0.717) is 43.1 Å². The van der Waals surface area contributed by atoms with E-state index < -0.39 is 0 Å². The van der Waals surface area contributed by atoms with Crippen molar-refractivity contribution in [3.8, 4) is 11.3 Å². The number of nitrogens with zero attached hydrogens (tertiary/aromatic N) is 2. The van der Waals surface area contributed by atoms with E-state index in [4.69, 9.17) is 10.5 Å². The van der Waals surface area contributed by atoms with Gasteiger partial charge in [-0.2, -0.15) is 0 Å². The number of hydrogen-bond donors (Lipinski definition) is 3. The Bertz CT molecular complexity index is 1110. The first-order valence-electron chi connectivity index (χ1n) is 10.9. The molecule has 2 heterocycles. The zero-order chi connectivity index (χ0) is 23.2. The molecule has 1 aliphatic rings. The summed E-state index contributed by atoms with van der Waals surface area (Å²) in [5, 5.41) is 6.15. The summed E-state index contributed by atoms with van der Waals surface area (Å²) in [6.07, 6.45) is 1.22. The summed E-state index contributed by atoms with van der Waals surface area (Å²) in [7, 11) is 1.39. The van der Waals surface area contributed by atoms with Gasteiger partial charge in [0.2, 0.25) is 0 Å². The predicted octanol–water partition coefficient (Wildman–Crippen LogP) is 4.49. The third kappa shape index (κ3) is 5.41. The average molecular weight is 446 g/mol. The molecular weight excluding hydrogens is 418 g/mol. The minimum Gasteiger partial charge on any atom is -0.469 e.